The number of ketones is 1. The minimum Gasteiger partial charge on any atom is -0.503 e. The summed E-state index contributed by atoms with van der Waals surface area (Å²) < 4.78 is 0. The van der Waals surface area contributed by atoms with Crippen LogP contribution >= 0.6 is 11.3 Å². The molecule has 0 saturated carbocycles. The molecule has 0 spiro atoms. The van der Waals surface area contributed by atoms with E-state index in [4.69, 9.17) is 0 Å². The highest BCUT2D eigenvalue weighted by Gasteiger charge is 2.46. The summed E-state index contributed by atoms with van der Waals surface area (Å²) in [6.07, 6.45) is 1.61. The fourth-order valence-electron chi connectivity index (χ4n) is 4.27. The van der Waals surface area contributed by atoms with Crippen LogP contribution < -0.4 is 9.80 Å². The van der Waals surface area contributed by atoms with E-state index in [9.17, 15) is 14.7 Å². The second-order valence-corrected chi connectivity index (χ2v) is 9.63. The highest BCUT2D eigenvalue weighted by molar-refractivity contribution is 7.17. The lowest BCUT2D eigenvalue weighted by Gasteiger charge is -2.26. The summed E-state index contributed by atoms with van der Waals surface area (Å²) in [6.45, 7) is 1.76. The predicted molar refractivity (Wildman–Crippen MR) is 142 cm³/mol. The van der Waals surface area contributed by atoms with Crippen LogP contribution in [-0.2, 0) is 4.79 Å². The van der Waals surface area contributed by atoms with Crippen molar-refractivity contribution in [3.05, 3.63) is 107 Å². The Morgan fingerprint density at radius 3 is 2.33 bits per heavy atom. The number of pyridine rings is 1. The van der Waals surface area contributed by atoms with Crippen LogP contribution in [0.3, 0.4) is 0 Å². The lowest BCUT2D eigenvalue weighted by atomic mass is 9.98. The Hall–Kier alpha value is -4.30. The van der Waals surface area contributed by atoms with Gasteiger partial charge in [0.2, 0.25) is 5.78 Å². The Morgan fingerprint density at radius 1 is 1.00 bits per heavy atom. The molecule has 1 N–H and O–H groups in total. The number of hydrogen-bond donors (Lipinski definition) is 1. The lowest BCUT2D eigenvalue weighted by molar-refractivity contribution is -0.117. The van der Waals surface area contributed by atoms with Crippen molar-refractivity contribution in [2.75, 3.05) is 23.9 Å². The Bertz CT molecular complexity index is 1460. The van der Waals surface area contributed by atoms with E-state index in [0.717, 1.165) is 11.3 Å². The third-order valence-electron chi connectivity index (χ3n) is 6.09. The Morgan fingerprint density at radius 2 is 1.69 bits per heavy atom. The van der Waals surface area contributed by atoms with Gasteiger partial charge in [-0.15, -0.1) is 11.3 Å². The number of benzene rings is 2. The Labute approximate surface area is 213 Å². The van der Waals surface area contributed by atoms with Gasteiger partial charge in [0.15, 0.2) is 5.76 Å². The first-order valence-electron chi connectivity index (χ1n) is 11.4. The quantitative estimate of drug-likeness (QED) is 0.362. The van der Waals surface area contributed by atoms with Crippen molar-refractivity contribution in [1.82, 2.24) is 9.97 Å². The summed E-state index contributed by atoms with van der Waals surface area (Å²) in [7, 11) is 3.86. The summed E-state index contributed by atoms with van der Waals surface area (Å²) in [4.78, 5) is 40.1. The van der Waals surface area contributed by atoms with Crippen molar-refractivity contribution in [1.29, 1.82) is 0 Å². The van der Waals surface area contributed by atoms with Crippen LogP contribution in [-0.4, -0.2) is 40.9 Å². The average Bonchev–Trinajstić information content (AvgIpc) is 3.42. The van der Waals surface area contributed by atoms with Crippen LogP contribution in [0.1, 0.15) is 27.1 Å². The predicted octanol–water partition coefficient (Wildman–Crippen LogP) is 5.36. The maximum absolute atomic E-state index is 13.9. The number of carbonyl (C=O) groups excluding carboxylic acids is 2. The van der Waals surface area contributed by atoms with Gasteiger partial charge in [0, 0.05) is 37.2 Å². The number of anilines is 2. The summed E-state index contributed by atoms with van der Waals surface area (Å²) >= 11 is 1.25. The number of carbonyl (C=O) groups is 2. The van der Waals surface area contributed by atoms with Crippen molar-refractivity contribution < 1.29 is 14.7 Å². The van der Waals surface area contributed by atoms with Gasteiger partial charge in [0.1, 0.15) is 11.0 Å². The van der Waals surface area contributed by atoms with Gasteiger partial charge in [0.25, 0.3) is 5.91 Å². The van der Waals surface area contributed by atoms with Gasteiger partial charge in [-0.2, -0.15) is 0 Å². The van der Waals surface area contributed by atoms with E-state index in [1.54, 1.807) is 43.5 Å². The Kier molecular flexibility index (Phi) is 6.12. The number of thiazole rings is 1. The first-order chi connectivity index (χ1) is 17.4. The van der Waals surface area contributed by atoms with Gasteiger partial charge in [-0.05, 0) is 43.3 Å². The lowest BCUT2D eigenvalue weighted by Crippen LogP contribution is -2.31. The van der Waals surface area contributed by atoms with Crippen LogP contribution in [0.5, 0.6) is 0 Å². The molecular weight excluding hydrogens is 472 g/mol. The second kappa shape index (κ2) is 9.39. The molecule has 0 saturated heterocycles. The van der Waals surface area contributed by atoms with Crippen molar-refractivity contribution >= 4 is 34.4 Å². The highest BCUT2D eigenvalue weighted by atomic mass is 32.1. The number of hydrogen-bond acceptors (Lipinski definition) is 7. The van der Waals surface area contributed by atoms with Crippen LogP contribution in [0.15, 0.2) is 90.3 Å². The third-order valence-corrected chi connectivity index (χ3v) is 7.29. The molecule has 0 aliphatic carbocycles. The summed E-state index contributed by atoms with van der Waals surface area (Å²) in [5.41, 5.74) is 3.45. The molecule has 180 valence electrons. The molecular formula is C28H24N4O3S. The van der Waals surface area contributed by atoms with Gasteiger partial charge in [0.05, 0.1) is 21.8 Å². The molecule has 1 unspecified atom stereocenters. The largest absolute Gasteiger partial charge is 0.503 e. The highest BCUT2D eigenvalue weighted by Crippen LogP contribution is 2.43. The zero-order valence-electron chi connectivity index (χ0n) is 20.0. The Balaban J connectivity index is 1.60. The zero-order chi connectivity index (χ0) is 25.4. The second-order valence-electron chi connectivity index (χ2n) is 8.63. The number of rotatable bonds is 6. The van der Waals surface area contributed by atoms with Gasteiger partial charge in [-0.3, -0.25) is 19.5 Å². The van der Waals surface area contributed by atoms with Crippen molar-refractivity contribution in [2.45, 2.75) is 13.0 Å². The van der Waals surface area contributed by atoms with Crippen molar-refractivity contribution in [2.24, 2.45) is 0 Å². The first-order valence-corrected chi connectivity index (χ1v) is 12.2. The normalized spacial score (nSPS) is 15.5. The molecule has 36 heavy (non-hydrogen) atoms. The van der Waals surface area contributed by atoms with E-state index < -0.39 is 23.5 Å². The molecule has 2 aromatic carbocycles. The number of aliphatic hydroxyl groups excluding tert-OH is 1. The molecule has 2 aromatic heterocycles. The molecule has 7 nitrogen and oxygen atoms in total. The SMILES string of the molecule is Cc1nc(-c2ccccc2)sc1C(=O)C1=C(O)C(=O)N(c2ccc(N(C)C)cc2)C1c1ccccn1. The number of Topliss-reactive ketones (excluding diaryl/α,β-unsaturated/α-hetero) is 1. The third kappa shape index (κ3) is 4.05. The van der Waals surface area contributed by atoms with E-state index in [0.29, 0.717) is 27.0 Å². The van der Waals surface area contributed by atoms with Crippen LogP contribution in [0.4, 0.5) is 11.4 Å². The first kappa shape index (κ1) is 23.4. The van der Waals surface area contributed by atoms with Crippen LogP contribution in [0.2, 0.25) is 0 Å². The van der Waals surface area contributed by atoms with Crippen LogP contribution in [0, 0.1) is 6.92 Å². The topological polar surface area (TPSA) is 86.6 Å². The molecule has 8 heteroatoms. The molecule has 0 radical (unpaired) electrons. The van der Waals surface area contributed by atoms with E-state index >= 15 is 0 Å². The van der Waals surface area contributed by atoms with Gasteiger partial charge >= 0.3 is 0 Å². The standard InChI is InChI=1S/C28H24N4O3S/c1-17-26(36-27(30-17)18-9-5-4-6-10-18)24(33)22-23(21-11-7-8-16-29-21)32(28(35)25(22)34)20-14-12-19(13-15-20)31(2)3/h4-16,23,34H,1-3H3. The van der Waals surface area contributed by atoms with Crippen LogP contribution in [0.25, 0.3) is 10.6 Å². The van der Waals surface area contributed by atoms with E-state index in [1.165, 1.54) is 16.2 Å². The minimum absolute atomic E-state index is 0.00162. The zero-order valence-corrected chi connectivity index (χ0v) is 20.9. The number of aryl methyl sites for hydroxylation is 1. The molecule has 0 fully saturated rings. The average molecular weight is 497 g/mol. The fourth-order valence-corrected chi connectivity index (χ4v) is 5.29. The van der Waals surface area contributed by atoms with E-state index in [1.807, 2.05) is 61.5 Å². The number of amides is 1. The molecule has 5 rings (SSSR count). The van der Waals surface area contributed by atoms with E-state index in [-0.39, 0.29) is 5.57 Å². The molecule has 0 bridgehead atoms. The smallest absolute Gasteiger partial charge is 0.294 e. The molecule has 1 aliphatic heterocycles. The molecule has 4 aromatic rings. The van der Waals surface area contributed by atoms with Gasteiger partial charge in [-0.1, -0.05) is 36.4 Å². The van der Waals surface area contributed by atoms with Crippen molar-refractivity contribution in [3.63, 3.8) is 0 Å². The maximum Gasteiger partial charge on any atom is 0.294 e. The van der Waals surface area contributed by atoms with E-state index in [2.05, 4.69) is 9.97 Å². The maximum atomic E-state index is 13.9. The molecule has 3 heterocycles. The van der Waals surface area contributed by atoms with Crippen molar-refractivity contribution in [3.8, 4) is 10.6 Å². The number of aliphatic hydroxyl groups is 1. The summed E-state index contributed by atoms with van der Waals surface area (Å²) in [5.74, 6) is -1.64. The fraction of sp³-hybridized carbons (Fsp3) is 0.143. The number of aromatic nitrogens is 2. The van der Waals surface area contributed by atoms with Gasteiger partial charge in [-0.25, -0.2) is 4.98 Å². The summed E-state index contributed by atoms with van der Waals surface area (Å²) in [5, 5.41) is 11.7. The molecule has 1 atom stereocenters. The molecule has 1 aliphatic rings. The monoisotopic (exact) mass is 496 g/mol. The van der Waals surface area contributed by atoms with Gasteiger partial charge < -0.3 is 10.0 Å². The minimum atomic E-state index is -0.877. The number of nitrogens with zero attached hydrogens (tertiary/aromatic N) is 4. The molecule has 1 amide bonds. The summed E-state index contributed by atoms with van der Waals surface area (Å²) in [6, 6.07) is 21.4.